The minimum atomic E-state index is 0.874. The second-order valence-corrected chi connectivity index (χ2v) is 3.44. The summed E-state index contributed by atoms with van der Waals surface area (Å²) in [6, 6.07) is 10.1. The molecule has 0 fully saturated rings. The molecule has 0 saturated heterocycles. The van der Waals surface area contributed by atoms with Gasteiger partial charge < -0.3 is 5.32 Å². The van der Waals surface area contributed by atoms with Crippen LogP contribution in [0.3, 0.4) is 0 Å². The molecule has 0 spiro atoms. The lowest BCUT2D eigenvalue weighted by atomic mass is 10.3. The molecule has 0 amide bonds. The maximum absolute atomic E-state index is 4.52. The molecule has 0 heterocycles. The van der Waals surface area contributed by atoms with Crippen molar-refractivity contribution in [3.8, 4) is 0 Å². The van der Waals surface area contributed by atoms with E-state index in [2.05, 4.69) is 24.2 Å². The molecule has 0 aromatic heterocycles. The fraction of sp³-hybridized carbons (Fsp3) is 0.462. The predicted octanol–water partition coefficient (Wildman–Crippen LogP) is 3.41. The average molecular weight is 203 g/mol. The van der Waals surface area contributed by atoms with Crippen molar-refractivity contribution in [1.82, 2.24) is 0 Å². The highest BCUT2D eigenvalue weighted by Gasteiger charge is 1.83. The number of nitrogens with zero attached hydrogens (tertiary/aromatic N) is 2. The van der Waals surface area contributed by atoms with Crippen LogP contribution in [0, 0.1) is 0 Å². The van der Waals surface area contributed by atoms with Gasteiger partial charge >= 0.3 is 0 Å². The Morgan fingerprint density at radius 2 is 1.87 bits per heavy atom. The SMILES string of the molecule is CCCN=c1cccccc1[N-]CCC. The highest BCUT2D eigenvalue weighted by atomic mass is 14.9. The lowest BCUT2D eigenvalue weighted by Gasteiger charge is -2.18. The van der Waals surface area contributed by atoms with Crippen LogP contribution in [0.15, 0.2) is 35.3 Å². The largest absolute Gasteiger partial charge is 0.683 e. The van der Waals surface area contributed by atoms with Crippen LogP contribution in [-0.4, -0.2) is 13.1 Å². The van der Waals surface area contributed by atoms with Gasteiger partial charge in [0.25, 0.3) is 0 Å². The van der Waals surface area contributed by atoms with Crippen LogP contribution < -0.4 is 5.36 Å². The molecule has 0 aliphatic rings. The summed E-state index contributed by atoms with van der Waals surface area (Å²) >= 11 is 0. The third-order valence-electron chi connectivity index (χ3n) is 2.00. The Balaban J connectivity index is 2.96. The summed E-state index contributed by atoms with van der Waals surface area (Å²) in [5.41, 5.74) is 1.01. The molecule has 0 N–H and O–H groups in total. The van der Waals surface area contributed by atoms with E-state index in [-0.39, 0.29) is 0 Å². The smallest absolute Gasteiger partial charge is 0.0425 e. The molecule has 82 valence electrons. The van der Waals surface area contributed by atoms with Crippen LogP contribution >= 0.6 is 0 Å². The van der Waals surface area contributed by atoms with Crippen molar-refractivity contribution in [1.29, 1.82) is 0 Å². The van der Waals surface area contributed by atoms with E-state index in [0.717, 1.165) is 37.0 Å². The second-order valence-electron chi connectivity index (χ2n) is 3.44. The van der Waals surface area contributed by atoms with Crippen LogP contribution in [0.2, 0.25) is 0 Å². The first-order valence-corrected chi connectivity index (χ1v) is 5.65. The molecule has 0 aliphatic heterocycles. The molecule has 1 rings (SSSR count). The predicted molar refractivity (Wildman–Crippen MR) is 65.3 cm³/mol. The maximum Gasteiger partial charge on any atom is 0.0425 e. The summed E-state index contributed by atoms with van der Waals surface area (Å²) < 4.78 is 0. The molecule has 1 aromatic carbocycles. The first-order valence-electron chi connectivity index (χ1n) is 5.65. The molecule has 0 atom stereocenters. The van der Waals surface area contributed by atoms with Gasteiger partial charge in [-0.1, -0.05) is 44.5 Å². The molecule has 2 nitrogen and oxygen atoms in total. The Hall–Kier alpha value is -1.31. The maximum atomic E-state index is 4.52. The third-order valence-corrected chi connectivity index (χ3v) is 2.00. The zero-order valence-electron chi connectivity index (χ0n) is 9.61. The Morgan fingerprint density at radius 3 is 2.60 bits per heavy atom. The van der Waals surface area contributed by atoms with Crippen LogP contribution in [0.4, 0.5) is 5.69 Å². The normalized spacial score (nSPS) is 11.5. The lowest BCUT2D eigenvalue weighted by molar-refractivity contribution is 0.904. The van der Waals surface area contributed by atoms with E-state index in [0.29, 0.717) is 0 Å². The quantitative estimate of drug-likeness (QED) is 0.701. The van der Waals surface area contributed by atoms with Crippen molar-refractivity contribution in [2.45, 2.75) is 26.7 Å². The van der Waals surface area contributed by atoms with E-state index in [4.69, 9.17) is 0 Å². The highest BCUT2D eigenvalue weighted by molar-refractivity contribution is 5.46. The van der Waals surface area contributed by atoms with E-state index in [1.807, 2.05) is 30.3 Å². The lowest BCUT2D eigenvalue weighted by Crippen LogP contribution is -2.01. The fourth-order valence-electron chi connectivity index (χ4n) is 1.26. The van der Waals surface area contributed by atoms with Crippen molar-refractivity contribution in [2.75, 3.05) is 13.1 Å². The van der Waals surface area contributed by atoms with Crippen molar-refractivity contribution >= 4 is 5.69 Å². The zero-order chi connectivity index (χ0) is 10.9. The molecule has 1 aromatic rings. The molecule has 0 saturated carbocycles. The van der Waals surface area contributed by atoms with Crippen LogP contribution in [0.25, 0.3) is 5.32 Å². The molecular weight excluding hydrogens is 184 g/mol. The molecule has 2 heteroatoms. The van der Waals surface area contributed by atoms with Crippen molar-refractivity contribution < 1.29 is 0 Å². The Kier molecular flexibility index (Phi) is 5.52. The van der Waals surface area contributed by atoms with Crippen LogP contribution in [0.1, 0.15) is 26.7 Å². The summed E-state index contributed by atoms with van der Waals surface area (Å²) in [6.45, 7) is 6.02. The molecular formula is C13H19N2-. The van der Waals surface area contributed by atoms with E-state index in [9.17, 15) is 0 Å². The number of hydrogen-bond acceptors (Lipinski definition) is 1. The monoisotopic (exact) mass is 203 g/mol. The Labute approximate surface area is 92.1 Å². The van der Waals surface area contributed by atoms with Gasteiger partial charge in [-0.2, -0.15) is 0 Å². The second kappa shape index (κ2) is 7.04. The first kappa shape index (κ1) is 11.8. The fourth-order valence-corrected chi connectivity index (χ4v) is 1.26. The zero-order valence-corrected chi connectivity index (χ0v) is 9.61. The summed E-state index contributed by atoms with van der Waals surface area (Å²) in [4.78, 5) is 4.52. The Bertz CT molecular complexity index is 345. The van der Waals surface area contributed by atoms with Gasteiger partial charge in [0.05, 0.1) is 0 Å². The summed E-state index contributed by atoms with van der Waals surface area (Å²) in [5, 5.41) is 5.53. The van der Waals surface area contributed by atoms with E-state index >= 15 is 0 Å². The molecule has 0 bridgehead atoms. The first-order chi connectivity index (χ1) is 7.38. The van der Waals surface area contributed by atoms with Gasteiger partial charge in [-0.3, -0.25) is 4.99 Å². The van der Waals surface area contributed by atoms with Crippen molar-refractivity contribution in [2.24, 2.45) is 4.99 Å². The summed E-state index contributed by atoms with van der Waals surface area (Å²) in [6.07, 6.45) is 2.15. The highest BCUT2D eigenvalue weighted by Crippen LogP contribution is 2.10. The topological polar surface area (TPSA) is 26.5 Å². The van der Waals surface area contributed by atoms with Gasteiger partial charge in [0.15, 0.2) is 0 Å². The number of rotatable bonds is 5. The van der Waals surface area contributed by atoms with Gasteiger partial charge in [0, 0.05) is 11.9 Å². The van der Waals surface area contributed by atoms with Crippen LogP contribution in [0.5, 0.6) is 0 Å². The van der Waals surface area contributed by atoms with Gasteiger partial charge in [-0.05, 0) is 12.5 Å². The van der Waals surface area contributed by atoms with Gasteiger partial charge in [0.1, 0.15) is 0 Å². The molecule has 0 unspecified atom stereocenters. The Morgan fingerprint density at radius 1 is 1.07 bits per heavy atom. The summed E-state index contributed by atoms with van der Waals surface area (Å²) in [7, 11) is 0. The molecule has 0 radical (unpaired) electrons. The minimum absolute atomic E-state index is 0.874. The van der Waals surface area contributed by atoms with Gasteiger partial charge in [-0.25, -0.2) is 0 Å². The summed E-state index contributed by atoms with van der Waals surface area (Å²) in [5.74, 6) is 0. The number of hydrogen-bond donors (Lipinski definition) is 0. The minimum Gasteiger partial charge on any atom is -0.683 e. The molecule has 0 aliphatic carbocycles. The average Bonchev–Trinajstić information content (AvgIpc) is 2.48. The molecule has 15 heavy (non-hydrogen) atoms. The standard InChI is InChI=1S/C13H19N2/c1-3-10-14-12-8-6-5-7-9-13(12)15-11-4-2/h5-9H,3-4,10-11H2,1-2H3/q-1. The third kappa shape index (κ3) is 4.15. The van der Waals surface area contributed by atoms with E-state index in [1.54, 1.807) is 0 Å². The van der Waals surface area contributed by atoms with E-state index in [1.165, 1.54) is 0 Å². The van der Waals surface area contributed by atoms with Crippen molar-refractivity contribution in [3.05, 3.63) is 41.0 Å². The van der Waals surface area contributed by atoms with Crippen LogP contribution in [-0.2, 0) is 0 Å². The van der Waals surface area contributed by atoms with Gasteiger partial charge in [-0.15, -0.1) is 12.2 Å². The van der Waals surface area contributed by atoms with Gasteiger partial charge in [0.2, 0.25) is 0 Å². The van der Waals surface area contributed by atoms with Crippen molar-refractivity contribution in [3.63, 3.8) is 0 Å². The van der Waals surface area contributed by atoms with E-state index < -0.39 is 0 Å².